The van der Waals surface area contributed by atoms with Crippen LogP contribution in [0.25, 0.3) is 0 Å². The molecule has 2 N–H and O–H groups in total. The molecule has 78 valence electrons. The van der Waals surface area contributed by atoms with E-state index in [2.05, 4.69) is 19.2 Å². The minimum absolute atomic E-state index is 0.114. The van der Waals surface area contributed by atoms with Crippen LogP contribution in [0.15, 0.2) is 0 Å². The molecule has 0 aromatic carbocycles. The van der Waals surface area contributed by atoms with Gasteiger partial charge < -0.3 is 10.4 Å². The van der Waals surface area contributed by atoms with Crippen LogP contribution >= 0.6 is 0 Å². The van der Waals surface area contributed by atoms with Gasteiger partial charge >= 0.3 is 0 Å². The number of nitrogens with one attached hydrogen (secondary N) is 1. The third-order valence-electron chi connectivity index (χ3n) is 2.95. The standard InChI is InChI=1S/C11H23NO/c1-3-4-5-6-11(13)10-7-9(2)8-12-10/h9-13H,3-8H2,1-2H3/t9-,10+,11?/m1/s1. The average molecular weight is 185 g/mol. The highest BCUT2D eigenvalue weighted by atomic mass is 16.3. The van der Waals surface area contributed by atoms with Crippen LogP contribution in [0.5, 0.6) is 0 Å². The molecule has 0 aliphatic carbocycles. The van der Waals surface area contributed by atoms with E-state index in [0.717, 1.165) is 25.3 Å². The van der Waals surface area contributed by atoms with Crippen molar-refractivity contribution in [3.8, 4) is 0 Å². The van der Waals surface area contributed by atoms with Crippen molar-refractivity contribution < 1.29 is 5.11 Å². The molecule has 2 nitrogen and oxygen atoms in total. The molecule has 1 heterocycles. The largest absolute Gasteiger partial charge is 0.392 e. The molecule has 0 radical (unpaired) electrons. The van der Waals surface area contributed by atoms with Gasteiger partial charge in [0.25, 0.3) is 0 Å². The fraction of sp³-hybridized carbons (Fsp3) is 1.00. The Morgan fingerprint density at radius 1 is 1.46 bits per heavy atom. The summed E-state index contributed by atoms with van der Waals surface area (Å²) < 4.78 is 0. The molecule has 2 heteroatoms. The predicted molar refractivity (Wildman–Crippen MR) is 55.7 cm³/mol. The second kappa shape index (κ2) is 5.61. The van der Waals surface area contributed by atoms with Gasteiger partial charge in [0, 0.05) is 6.04 Å². The molecule has 0 aromatic heterocycles. The lowest BCUT2D eigenvalue weighted by Gasteiger charge is -2.17. The molecule has 1 aliphatic heterocycles. The second-order valence-corrected chi connectivity index (χ2v) is 4.42. The topological polar surface area (TPSA) is 32.3 Å². The van der Waals surface area contributed by atoms with Crippen molar-refractivity contribution in [2.75, 3.05) is 6.54 Å². The third-order valence-corrected chi connectivity index (χ3v) is 2.95. The molecule has 1 rings (SSSR count). The van der Waals surface area contributed by atoms with E-state index in [0.29, 0.717) is 6.04 Å². The molecule has 13 heavy (non-hydrogen) atoms. The zero-order chi connectivity index (χ0) is 9.68. The smallest absolute Gasteiger partial charge is 0.0693 e. The Balaban J connectivity index is 2.12. The third kappa shape index (κ3) is 3.65. The van der Waals surface area contributed by atoms with Crippen LogP contribution in [0.1, 0.15) is 46.0 Å². The minimum atomic E-state index is -0.114. The van der Waals surface area contributed by atoms with Crippen molar-refractivity contribution in [2.45, 2.75) is 58.1 Å². The second-order valence-electron chi connectivity index (χ2n) is 4.42. The summed E-state index contributed by atoms with van der Waals surface area (Å²) in [7, 11) is 0. The van der Waals surface area contributed by atoms with Gasteiger partial charge in [-0.2, -0.15) is 0 Å². The predicted octanol–water partition coefficient (Wildman–Crippen LogP) is 1.93. The lowest BCUT2D eigenvalue weighted by Crippen LogP contribution is -2.34. The van der Waals surface area contributed by atoms with Gasteiger partial charge in [0.2, 0.25) is 0 Å². The molecule has 0 spiro atoms. The fourth-order valence-corrected chi connectivity index (χ4v) is 2.05. The summed E-state index contributed by atoms with van der Waals surface area (Å²) in [5.41, 5.74) is 0. The first-order chi connectivity index (χ1) is 6.24. The van der Waals surface area contributed by atoms with Crippen LogP contribution < -0.4 is 5.32 Å². The number of aliphatic hydroxyl groups is 1. The van der Waals surface area contributed by atoms with Crippen LogP contribution in [0.4, 0.5) is 0 Å². The van der Waals surface area contributed by atoms with E-state index in [1.807, 2.05) is 0 Å². The van der Waals surface area contributed by atoms with Gasteiger partial charge in [-0.1, -0.05) is 33.1 Å². The normalized spacial score (nSPS) is 30.7. The van der Waals surface area contributed by atoms with Gasteiger partial charge in [0.05, 0.1) is 6.10 Å². The molecule has 1 fully saturated rings. The van der Waals surface area contributed by atoms with E-state index < -0.39 is 0 Å². The van der Waals surface area contributed by atoms with Gasteiger partial charge in [-0.3, -0.25) is 0 Å². The van der Waals surface area contributed by atoms with E-state index >= 15 is 0 Å². The molecule has 3 atom stereocenters. The summed E-state index contributed by atoms with van der Waals surface area (Å²) in [6.07, 6.45) is 5.66. The van der Waals surface area contributed by atoms with E-state index in [4.69, 9.17) is 0 Å². The zero-order valence-corrected chi connectivity index (χ0v) is 8.92. The highest BCUT2D eigenvalue weighted by Gasteiger charge is 2.26. The summed E-state index contributed by atoms with van der Waals surface area (Å²) in [6.45, 7) is 5.52. The Labute approximate surface area is 81.7 Å². The first kappa shape index (κ1) is 11.0. The summed E-state index contributed by atoms with van der Waals surface area (Å²) >= 11 is 0. The minimum Gasteiger partial charge on any atom is -0.392 e. The van der Waals surface area contributed by atoms with Crippen molar-refractivity contribution in [1.82, 2.24) is 5.32 Å². The van der Waals surface area contributed by atoms with Crippen LogP contribution in [-0.2, 0) is 0 Å². The molecule has 0 aromatic rings. The zero-order valence-electron chi connectivity index (χ0n) is 8.92. The number of unbranched alkanes of at least 4 members (excludes halogenated alkanes) is 2. The first-order valence-corrected chi connectivity index (χ1v) is 5.65. The fourth-order valence-electron chi connectivity index (χ4n) is 2.05. The average Bonchev–Trinajstić information content (AvgIpc) is 2.52. The maximum absolute atomic E-state index is 9.83. The number of rotatable bonds is 5. The van der Waals surface area contributed by atoms with Crippen LogP contribution in [-0.4, -0.2) is 23.8 Å². The van der Waals surface area contributed by atoms with E-state index in [1.54, 1.807) is 0 Å². The molecule has 1 saturated heterocycles. The number of hydrogen-bond acceptors (Lipinski definition) is 2. The summed E-state index contributed by atoms with van der Waals surface area (Å²) in [6, 6.07) is 0.367. The lowest BCUT2D eigenvalue weighted by molar-refractivity contribution is 0.122. The van der Waals surface area contributed by atoms with Crippen molar-refractivity contribution in [3.63, 3.8) is 0 Å². The molecule has 1 aliphatic rings. The van der Waals surface area contributed by atoms with Crippen molar-refractivity contribution in [2.24, 2.45) is 5.92 Å². The first-order valence-electron chi connectivity index (χ1n) is 5.65. The van der Waals surface area contributed by atoms with E-state index in [1.165, 1.54) is 19.3 Å². The maximum atomic E-state index is 9.83. The van der Waals surface area contributed by atoms with Crippen molar-refractivity contribution in [3.05, 3.63) is 0 Å². The van der Waals surface area contributed by atoms with Crippen molar-refractivity contribution >= 4 is 0 Å². The molecular formula is C11H23NO. The van der Waals surface area contributed by atoms with Crippen LogP contribution in [0, 0.1) is 5.92 Å². The number of aliphatic hydroxyl groups excluding tert-OH is 1. The summed E-state index contributed by atoms with van der Waals surface area (Å²) in [5, 5.41) is 13.2. The van der Waals surface area contributed by atoms with Crippen LogP contribution in [0.2, 0.25) is 0 Å². The molecular weight excluding hydrogens is 162 g/mol. The molecule has 1 unspecified atom stereocenters. The number of hydrogen-bond donors (Lipinski definition) is 2. The molecule has 0 amide bonds. The van der Waals surface area contributed by atoms with Gasteiger partial charge in [0.15, 0.2) is 0 Å². The summed E-state index contributed by atoms with van der Waals surface area (Å²) in [5.74, 6) is 0.742. The van der Waals surface area contributed by atoms with Gasteiger partial charge in [0.1, 0.15) is 0 Å². The maximum Gasteiger partial charge on any atom is 0.0693 e. The van der Waals surface area contributed by atoms with Gasteiger partial charge in [-0.15, -0.1) is 0 Å². The Hall–Kier alpha value is -0.0800. The highest BCUT2D eigenvalue weighted by molar-refractivity contribution is 4.84. The molecule has 0 saturated carbocycles. The Kier molecular flexibility index (Phi) is 4.74. The monoisotopic (exact) mass is 185 g/mol. The van der Waals surface area contributed by atoms with Crippen LogP contribution in [0.3, 0.4) is 0 Å². The van der Waals surface area contributed by atoms with E-state index in [-0.39, 0.29) is 6.10 Å². The van der Waals surface area contributed by atoms with E-state index in [9.17, 15) is 5.11 Å². The highest BCUT2D eigenvalue weighted by Crippen LogP contribution is 2.18. The Morgan fingerprint density at radius 2 is 2.23 bits per heavy atom. The lowest BCUT2D eigenvalue weighted by atomic mass is 10.00. The molecule has 0 bridgehead atoms. The Morgan fingerprint density at radius 3 is 2.77 bits per heavy atom. The summed E-state index contributed by atoms with van der Waals surface area (Å²) in [4.78, 5) is 0. The van der Waals surface area contributed by atoms with Crippen molar-refractivity contribution in [1.29, 1.82) is 0 Å². The quantitative estimate of drug-likeness (QED) is 0.641. The Bertz CT molecular complexity index is 138. The SMILES string of the molecule is CCCCCC(O)[C@@H]1C[C@@H](C)CN1. The van der Waals surface area contributed by atoms with Gasteiger partial charge in [-0.25, -0.2) is 0 Å². The van der Waals surface area contributed by atoms with Gasteiger partial charge in [-0.05, 0) is 25.3 Å².